The topological polar surface area (TPSA) is 77.3 Å². The van der Waals surface area contributed by atoms with Crippen molar-refractivity contribution in [3.63, 3.8) is 0 Å². The van der Waals surface area contributed by atoms with Crippen LogP contribution in [0.15, 0.2) is 66.0 Å². The molecular weight excluding hydrogens is 412 g/mol. The van der Waals surface area contributed by atoms with E-state index in [9.17, 15) is 9.59 Å². The molecule has 1 aromatic carbocycles. The molecule has 1 aliphatic rings. The second-order valence-electron chi connectivity index (χ2n) is 7.39. The highest BCUT2D eigenvalue weighted by Gasteiger charge is 2.26. The van der Waals surface area contributed by atoms with Gasteiger partial charge < -0.3 is 9.64 Å². The fourth-order valence-electron chi connectivity index (χ4n) is 3.79. The molecule has 7 nitrogen and oxygen atoms in total. The molecule has 0 atom stereocenters. The monoisotopic (exact) mass is 432 g/mol. The van der Waals surface area contributed by atoms with E-state index in [4.69, 9.17) is 4.74 Å². The predicted octanol–water partition coefficient (Wildman–Crippen LogP) is 2.87. The summed E-state index contributed by atoms with van der Waals surface area (Å²) in [6.07, 6.45) is 5.69. The molecule has 8 heteroatoms. The number of ether oxygens (including phenoxy) is 1. The first-order valence-corrected chi connectivity index (χ1v) is 10.8. The quantitative estimate of drug-likeness (QED) is 0.485. The van der Waals surface area contributed by atoms with Crippen molar-refractivity contribution < 1.29 is 9.53 Å². The number of hydrogen-bond donors (Lipinski definition) is 0. The lowest BCUT2D eigenvalue weighted by atomic mass is 10.1. The zero-order valence-corrected chi connectivity index (χ0v) is 17.5. The molecule has 4 heterocycles. The minimum Gasteiger partial charge on any atom is -0.484 e. The van der Waals surface area contributed by atoms with Crippen molar-refractivity contribution in [3.8, 4) is 5.75 Å². The van der Waals surface area contributed by atoms with Crippen LogP contribution >= 0.6 is 11.3 Å². The summed E-state index contributed by atoms with van der Waals surface area (Å²) in [7, 11) is 0. The van der Waals surface area contributed by atoms with Gasteiger partial charge in [0.15, 0.2) is 6.61 Å². The highest BCUT2D eigenvalue weighted by atomic mass is 32.1. The van der Waals surface area contributed by atoms with Crippen molar-refractivity contribution in [2.45, 2.75) is 19.5 Å². The average Bonchev–Trinajstić information content (AvgIpc) is 3.19. The van der Waals surface area contributed by atoms with Gasteiger partial charge in [-0.05, 0) is 35.7 Å². The predicted molar refractivity (Wildman–Crippen MR) is 118 cm³/mol. The lowest BCUT2D eigenvalue weighted by Crippen LogP contribution is -2.38. The van der Waals surface area contributed by atoms with Crippen LogP contribution in [0.25, 0.3) is 10.2 Å². The van der Waals surface area contributed by atoms with Crippen LogP contribution in [-0.4, -0.2) is 38.5 Å². The smallest absolute Gasteiger partial charge is 0.262 e. The van der Waals surface area contributed by atoms with E-state index in [0.717, 1.165) is 20.8 Å². The lowest BCUT2D eigenvalue weighted by molar-refractivity contribution is -0.134. The van der Waals surface area contributed by atoms with Gasteiger partial charge in [-0.3, -0.25) is 19.1 Å². The number of para-hydroxylation sites is 1. The first-order valence-electron chi connectivity index (χ1n) is 10.0. The maximum absolute atomic E-state index is 13.1. The molecule has 0 spiro atoms. The standard InChI is InChI=1S/C23H20N4O3S/c28-20(14-30-17-6-2-1-3-7-17)26-10-8-18-19(13-26)31-22-21(18)23(29)27(15-25-22)12-16-5-4-9-24-11-16/h1-7,9,11,15H,8,10,12-14H2. The van der Waals surface area contributed by atoms with Crippen LogP contribution in [0.5, 0.6) is 5.75 Å². The summed E-state index contributed by atoms with van der Waals surface area (Å²) in [5.74, 6) is 0.614. The van der Waals surface area contributed by atoms with Gasteiger partial charge in [0.25, 0.3) is 11.5 Å². The Bertz CT molecular complexity index is 1280. The number of carbonyl (C=O) groups is 1. The van der Waals surface area contributed by atoms with E-state index in [1.54, 1.807) is 28.2 Å². The third-order valence-electron chi connectivity index (χ3n) is 5.36. The summed E-state index contributed by atoms with van der Waals surface area (Å²) < 4.78 is 7.22. The van der Waals surface area contributed by atoms with Gasteiger partial charge in [-0.1, -0.05) is 24.3 Å². The van der Waals surface area contributed by atoms with Gasteiger partial charge in [-0.2, -0.15) is 0 Å². The van der Waals surface area contributed by atoms with Crippen LogP contribution in [0.1, 0.15) is 16.0 Å². The van der Waals surface area contributed by atoms with Crippen LogP contribution in [0.2, 0.25) is 0 Å². The molecule has 0 N–H and O–H groups in total. The van der Waals surface area contributed by atoms with Crippen molar-refractivity contribution in [1.29, 1.82) is 0 Å². The number of fused-ring (bicyclic) bond motifs is 3. The Labute approximate surface area is 182 Å². The normalized spacial score (nSPS) is 13.2. The average molecular weight is 433 g/mol. The highest BCUT2D eigenvalue weighted by molar-refractivity contribution is 7.18. The number of hydrogen-bond acceptors (Lipinski definition) is 6. The Morgan fingerprint density at radius 1 is 1.16 bits per heavy atom. The third-order valence-corrected chi connectivity index (χ3v) is 6.49. The Morgan fingerprint density at radius 2 is 2.03 bits per heavy atom. The third kappa shape index (κ3) is 3.94. The van der Waals surface area contributed by atoms with Gasteiger partial charge in [0.2, 0.25) is 0 Å². The molecule has 1 aliphatic heterocycles. The number of benzene rings is 1. The number of aromatic nitrogens is 3. The Morgan fingerprint density at radius 3 is 2.84 bits per heavy atom. The van der Waals surface area contributed by atoms with Gasteiger partial charge in [-0.25, -0.2) is 4.98 Å². The molecule has 0 aliphatic carbocycles. The van der Waals surface area contributed by atoms with Crippen molar-refractivity contribution >= 4 is 27.5 Å². The van der Waals surface area contributed by atoms with E-state index in [-0.39, 0.29) is 18.1 Å². The molecule has 0 radical (unpaired) electrons. The summed E-state index contributed by atoms with van der Waals surface area (Å²) in [4.78, 5) is 38.0. The molecule has 156 valence electrons. The Balaban J connectivity index is 1.35. The second kappa shape index (κ2) is 8.31. The zero-order chi connectivity index (χ0) is 21.2. The Kier molecular flexibility index (Phi) is 5.21. The minimum absolute atomic E-state index is 0.000405. The van der Waals surface area contributed by atoms with Crippen molar-refractivity contribution in [1.82, 2.24) is 19.4 Å². The van der Waals surface area contributed by atoms with Crippen molar-refractivity contribution in [3.05, 3.63) is 87.5 Å². The molecule has 0 unspecified atom stereocenters. The van der Waals surface area contributed by atoms with Gasteiger partial charge >= 0.3 is 0 Å². The molecule has 0 bridgehead atoms. The Hall–Kier alpha value is -3.52. The number of nitrogens with zero attached hydrogens (tertiary/aromatic N) is 4. The largest absolute Gasteiger partial charge is 0.484 e. The van der Waals surface area contributed by atoms with Gasteiger partial charge in [-0.15, -0.1) is 11.3 Å². The SMILES string of the molecule is O=C(COc1ccccc1)N1CCc2c(sc3ncn(Cc4cccnc4)c(=O)c23)C1. The molecule has 3 aromatic heterocycles. The summed E-state index contributed by atoms with van der Waals surface area (Å²) in [6.45, 7) is 1.48. The van der Waals surface area contributed by atoms with E-state index in [1.165, 1.54) is 11.3 Å². The first-order chi connectivity index (χ1) is 15.2. The molecular formula is C23H20N4O3S. The highest BCUT2D eigenvalue weighted by Crippen LogP contribution is 2.32. The van der Waals surface area contributed by atoms with Crippen molar-refractivity contribution in [2.75, 3.05) is 13.2 Å². The van der Waals surface area contributed by atoms with Crippen LogP contribution < -0.4 is 10.3 Å². The molecule has 31 heavy (non-hydrogen) atoms. The van der Waals surface area contributed by atoms with E-state index in [1.807, 2.05) is 42.5 Å². The van der Waals surface area contributed by atoms with Crippen LogP contribution in [-0.2, 0) is 24.3 Å². The van der Waals surface area contributed by atoms with E-state index < -0.39 is 0 Å². The summed E-state index contributed by atoms with van der Waals surface area (Å²) >= 11 is 1.49. The van der Waals surface area contributed by atoms with Gasteiger partial charge in [0.05, 0.1) is 24.8 Å². The van der Waals surface area contributed by atoms with Crippen molar-refractivity contribution in [2.24, 2.45) is 0 Å². The number of carbonyl (C=O) groups excluding carboxylic acids is 1. The molecule has 0 fully saturated rings. The van der Waals surface area contributed by atoms with Crippen LogP contribution in [0.4, 0.5) is 0 Å². The second-order valence-corrected chi connectivity index (χ2v) is 8.47. The molecule has 0 saturated heterocycles. The summed E-state index contributed by atoms with van der Waals surface area (Å²) in [6, 6.07) is 13.1. The summed E-state index contributed by atoms with van der Waals surface area (Å²) in [5, 5.41) is 0.680. The minimum atomic E-state index is -0.0612. The number of amides is 1. The van der Waals surface area contributed by atoms with Gasteiger partial charge in [0, 0.05) is 23.8 Å². The molecule has 1 amide bonds. The van der Waals surface area contributed by atoms with Gasteiger partial charge in [0.1, 0.15) is 10.6 Å². The molecule has 5 rings (SSSR count). The van der Waals surface area contributed by atoms with Crippen LogP contribution in [0, 0.1) is 0 Å². The first kappa shape index (κ1) is 19.4. The maximum Gasteiger partial charge on any atom is 0.262 e. The number of rotatable bonds is 5. The number of pyridine rings is 1. The fraction of sp³-hybridized carbons (Fsp3) is 0.217. The zero-order valence-electron chi connectivity index (χ0n) is 16.7. The number of thiophene rings is 1. The van der Waals surface area contributed by atoms with E-state index in [0.29, 0.717) is 37.2 Å². The fourth-order valence-corrected chi connectivity index (χ4v) is 4.98. The lowest BCUT2D eigenvalue weighted by Gasteiger charge is -2.27. The van der Waals surface area contributed by atoms with E-state index >= 15 is 0 Å². The maximum atomic E-state index is 13.1. The molecule has 4 aromatic rings. The van der Waals surface area contributed by atoms with Crippen LogP contribution in [0.3, 0.4) is 0 Å². The van der Waals surface area contributed by atoms with E-state index in [2.05, 4.69) is 9.97 Å². The summed E-state index contributed by atoms with van der Waals surface area (Å²) in [5.41, 5.74) is 1.93. The molecule has 0 saturated carbocycles.